The molecular weight excluding hydrogens is 491 g/mol. The van der Waals surface area contributed by atoms with E-state index in [0.717, 1.165) is 18.7 Å². The van der Waals surface area contributed by atoms with Crippen molar-refractivity contribution in [2.24, 2.45) is 0 Å². The minimum absolute atomic E-state index is 0.0991. The summed E-state index contributed by atoms with van der Waals surface area (Å²) in [6.07, 6.45) is -2.38. The highest BCUT2D eigenvalue weighted by molar-refractivity contribution is 7.92. The third-order valence-electron chi connectivity index (χ3n) is 5.36. The number of anilines is 2. The number of amides is 1. The van der Waals surface area contributed by atoms with Gasteiger partial charge in [0.15, 0.2) is 0 Å². The molecule has 1 N–H and O–H groups in total. The molecule has 178 valence electrons. The van der Waals surface area contributed by atoms with Crippen LogP contribution in [-0.2, 0) is 16.2 Å². The standard InChI is InChI=1S/C23H19ClF3N3O3S/c24-20-9-6-17(13-19(20)21-10-5-16(14-28-21)23(25,26)27)29-22(31)15-3-7-18(8-4-15)30-11-1-2-12-34(30,32)33/h3-10,13-14H,1-2,11-12H2,(H,29,31). The summed E-state index contributed by atoms with van der Waals surface area (Å²) in [5.74, 6) is -0.344. The molecule has 11 heteroatoms. The van der Waals surface area contributed by atoms with E-state index in [0.29, 0.717) is 35.5 Å². The summed E-state index contributed by atoms with van der Waals surface area (Å²) in [6.45, 7) is 0.402. The Morgan fingerprint density at radius 2 is 1.76 bits per heavy atom. The molecule has 1 aliphatic rings. The minimum atomic E-state index is -4.50. The van der Waals surface area contributed by atoms with Gasteiger partial charge in [0.05, 0.1) is 27.7 Å². The van der Waals surface area contributed by atoms with Crippen molar-refractivity contribution in [3.8, 4) is 11.3 Å². The Morgan fingerprint density at radius 3 is 2.38 bits per heavy atom. The second-order valence-corrected chi connectivity index (χ2v) is 10.1. The molecule has 1 amide bonds. The second kappa shape index (κ2) is 9.27. The maximum atomic E-state index is 12.8. The first-order chi connectivity index (χ1) is 16.0. The quantitative estimate of drug-likeness (QED) is 0.496. The zero-order valence-electron chi connectivity index (χ0n) is 17.6. The number of sulfonamides is 1. The molecule has 0 bridgehead atoms. The first-order valence-corrected chi connectivity index (χ1v) is 12.3. The summed E-state index contributed by atoms with van der Waals surface area (Å²) in [7, 11) is -3.35. The molecule has 34 heavy (non-hydrogen) atoms. The Hall–Kier alpha value is -3.11. The number of carbonyl (C=O) groups is 1. The third kappa shape index (κ3) is 5.18. The summed E-state index contributed by atoms with van der Waals surface area (Å²) in [6, 6.07) is 12.9. The predicted octanol–water partition coefficient (Wildman–Crippen LogP) is 5.60. The lowest BCUT2D eigenvalue weighted by Gasteiger charge is -2.28. The minimum Gasteiger partial charge on any atom is -0.322 e. The maximum absolute atomic E-state index is 12.8. The molecule has 0 aliphatic carbocycles. The van der Waals surface area contributed by atoms with Gasteiger partial charge in [0.2, 0.25) is 10.0 Å². The van der Waals surface area contributed by atoms with Crippen LogP contribution >= 0.6 is 11.6 Å². The van der Waals surface area contributed by atoms with Crippen LogP contribution in [-0.4, -0.2) is 31.6 Å². The molecular formula is C23H19ClF3N3O3S. The van der Waals surface area contributed by atoms with Crippen LogP contribution < -0.4 is 9.62 Å². The fraction of sp³-hybridized carbons (Fsp3) is 0.217. The lowest BCUT2D eigenvalue weighted by atomic mass is 10.1. The molecule has 3 aromatic rings. The van der Waals surface area contributed by atoms with Crippen molar-refractivity contribution >= 4 is 38.9 Å². The normalized spacial score (nSPS) is 15.7. The van der Waals surface area contributed by atoms with Gasteiger partial charge in [0, 0.05) is 29.6 Å². The van der Waals surface area contributed by atoms with Crippen molar-refractivity contribution in [3.05, 3.63) is 76.9 Å². The highest BCUT2D eigenvalue weighted by Crippen LogP contribution is 2.33. The largest absolute Gasteiger partial charge is 0.417 e. The first-order valence-electron chi connectivity index (χ1n) is 10.3. The molecule has 1 aromatic heterocycles. The Balaban J connectivity index is 1.51. The maximum Gasteiger partial charge on any atom is 0.417 e. The number of benzene rings is 2. The number of rotatable bonds is 4. The predicted molar refractivity (Wildman–Crippen MR) is 124 cm³/mol. The average molecular weight is 510 g/mol. The fourth-order valence-corrected chi connectivity index (χ4v) is 5.44. The van der Waals surface area contributed by atoms with Crippen molar-refractivity contribution < 1.29 is 26.4 Å². The third-order valence-corrected chi connectivity index (χ3v) is 7.56. The number of aromatic nitrogens is 1. The van der Waals surface area contributed by atoms with Crippen LogP contribution in [0.5, 0.6) is 0 Å². The highest BCUT2D eigenvalue weighted by atomic mass is 35.5. The molecule has 6 nitrogen and oxygen atoms in total. The van der Waals surface area contributed by atoms with E-state index < -0.39 is 27.7 Å². The number of nitrogens with zero attached hydrogens (tertiary/aromatic N) is 2. The molecule has 0 saturated carbocycles. The lowest BCUT2D eigenvalue weighted by molar-refractivity contribution is -0.137. The van der Waals surface area contributed by atoms with E-state index in [1.54, 1.807) is 18.2 Å². The van der Waals surface area contributed by atoms with E-state index in [1.807, 2.05) is 0 Å². The molecule has 0 unspecified atom stereocenters. The van der Waals surface area contributed by atoms with Crippen LogP contribution in [0.2, 0.25) is 5.02 Å². The summed E-state index contributed by atoms with van der Waals surface area (Å²) >= 11 is 6.20. The number of pyridine rings is 1. The van der Waals surface area contributed by atoms with E-state index in [4.69, 9.17) is 11.6 Å². The van der Waals surface area contributed by atoms with E-state index in [2.05, 4.69) is 10.3 Å². The number of alkyl halides is 3. The van der Waals surface area contributed by atoms with Gasteiger partial charge in [-0.25, -0.2) is 8.42 Å². The summed E-state index contributed by atoms with van der Waals surface area (Å²) in [4.78, 5) is 16.5. The highest BCUT2D eigenvalue weighted by Gasteiger charge is 2.31. The van der Waals surface area contributed by atoms with Gasteiger partial charge in [0.1, 0.15) is 0 Å². The number of halogens is 4. The van der Waals surface area contributed by atoms with Crippen molar-refractivity contribution in [2.75, 3.05) is 21.9 Å². The van der Waals surface area contributed by atoms with Gasteiger partial charge in [-0.2, -0.15) is 13.2 Å². The lowest BCUT2D eigenvalue weighted by Crippen LogP contribution is -2.37. The SMILES string of the molecule is O=C(Nc1ccc(Cl)c(-c2ccc(C(F)(F)F)cn2)c1)c1ccc(N2CCCCS2(=O)=O)cc1. The Kier molecular flexibility index (Phi) is 6.55. The molecule has 0 atom stereocenters. The van der Waals surface area contributed by atoms with Crippen LogP contribution in [0.4, 0.5) is 24.5 Å². The monoisotopic (exact) mass is 509 g/mol. The van der Waals surface area contributed by atoms with Crippen molar-refractivity contribution in [2.45, 2.75) is 19.0 Å². The Morgan fingerprint density at radius 1 is 1.03 bits per heavy atom. The van der Waals surface area contributed by atoms with Crippen molar-refractivity contribution in [3.63, 3.8) is 0 Å². The van der Waals surface area contributed by atoms with Gasteiger partial charge in [-0.3, -0.25) is 14.1 Å². The molecule has 1 fully saturated rings. The number of hydrogen-bond acceptors (Lipinski definition) is 4. The van der Waals surface area contributed by atoms with Gasteiger partial charge in [0.25, 0.3) is 5.91 Å². The smallest absolute Gasteiger partial charge is 0.322 e. The van der Waals surface area contributed by atoms with E-state index >= 15 is 0 Å². The van der Waals surface area contributed by atoms with Crippen LogP contribution in [0, 0.1) is 0 Å². The van der Waals surface area contributed by atoms with Crippen LogP contribution in [0.15, 0.2) is 60.8 Å². The zero-order chi connectivity index (χ0) is 24.5. The van der Waals surface area contributed by atoms with E-state index in [1.165, 1.54) is 34.6 Å². The summed E-state index contributed by atoms with van der Waals surface area (Å²) in [5, 5.41) is 2.97. The van der Waals surface area contributed by atoms with Gasteiger partial charge >= 0.3 is 6.18 Å². The summed E-state index contributed by atoms with van der Waals surface area (Å²) in [5.41, 5.74) is 0.882. The molecule has 2 heterocycles. The van der Waals surface area contributed by atoms with Gasteiger partial charge in [-0.1, -0.05) is 11.6 Å². The Labute approximate surface area is 199 Å². The van der Waals surface area contributed by atoms with Gasteiger partial charge in [-0.15, -0.1) is 0 Å². The average Bonchev–Trinajstić information content (AvgIpc) is 2.80. The number of carbonyl (C=O) groups excluding carboxylic acids is 1. The molecule has 1 aliphatic heterocycles. The van der Waals surface area contributed by atoms with Gasteiger partial charge < -0.3 is 5.32 Å². The molecule has 0 radical (unpaired) electrons. The second-order valence-electron chi connectivity index (χ2n) is 7.72. The fourth-order valence-electron chi connectivity index (χ4n) is 3.58. The van der Waals surface area contributed by atoms with Crippen molar-refractivity contribution in [1.29, 1.82) is 0 Å². The molecule has 4 rings (SSSR count). The van der Waals surface area contributed by atoms with Crippen LogP contribution in [0.3, 0.4) is 0 Å². The Bertz CT molecular complexity index is 1310. The molecule has 1 saturated heterocycles. The molecule has 0 spiro atoms. The summed E-state index contributed by atoms with van der Waals surface area (Å²) < 4.78 is 64.2. The van der Waals surface area contributed by atoms with E-state index in [-0.39, 0.29) is 16.5 Å². The molecule has 2 aromatic carbocycles. The topological polar surface area (TPSA) is 79.4 Å². The number of nitrogens with one attached hydrogen (secondary N) is 1. The van der Waals surface area contributed by atoms with Crippen LogP contribution in [0.25, 0.3) is 11.3 Å². The van der Waals surface area contributed by atoms with Gasteiger partial charge in [-0.05, 0) is 67.4 Å². The van der Waals surface area contributed by atoms with E-state index in [9.17, 15) is 26.4 Å². The zero-order valence-corrected chi connectivity index (χ0v) is 19.2. The van der Waals surface area contributed by atoms with Crippen LogP contribution in [0.1, 0.15) is 28.8 Å². The first kappa shape index (κ1) is 24.0. The number of hydrogen-bond donors (Lipinski definition) is 1. The van der Waals surface area contributed by atoms with Crippen molar-refractivity contribution in [1.82, 2.24) is 4.98 Å².